The third-order valence-corrected chi connectivity index (χ3v) is 30.6. The van der Waals surface area contributed by atoms with Crippen LogP contribution in [0.25, 0.3) is 248 Å². The first kappa shape index (κ1) is 75.0. The van der Waals surface area contributed by atoms with Crippen LogP contribution in [0.3, 0.4) is 0 Å². The molecule has 9 heteroatoms. The van der Waals surface area contributed by atoms with Crippen molar-refractivity contribution < 1.29 is 0 Å². The Labute approximate surface area is 764 Å². The smallest absolute Gasteiger partial charge is 0.0548 e. The Balaban J connectivity index is 0.000000101. The van der Waals surface area contributed by atoms with E-state index in [0.29, 0.717) is 0 Å². The van der Waals surface area contributed by atoms with E-state index < -0.39 is 0 Å². The predicted molar refractivity (Wildman–Crippen MR) is 564 cm³/mol. The lowest BCUT2D eigenvalue weighted by Gasteiger charge is -2.14. The first-order valence-corrected chi connectivity index (χ1v) is 47.3. The molecule has 0 spiro atoms. The molecular weight excluding hydrogens is 1650 g/mol. The van der Waals surface area contributed by atoms with Crippen LogP contribution in [0.1, 0.15) is 11.1 Å². The molecule has 9 heterocycles. The van der Waals surface area contributed by atoms with E-state index >= 15 is 0 Å². The fourth-order valence-corrected chi connectivity index (χ4v) is 25.0. The third kappa shape index (κ3) is 11.7. The van der Waals surface area contributed by atoms with Crippen LogP contribution in [-0.2, 0) is 0 Å². The number of aromatic nitrogens is 6. The summed E-state index contributed by atoms with van der Waals surface area (Å²) in [7, 11) is 0. The second kappa shape index (κ2) is 29.7. The Morgan fingerprint density at radius 2 is 0.389 bits per heavy atom. The fourth-order valence-electron chi connectivity index (χ4n) is 21.7. The molecule has 0 atom stereocenters. The monoisotopic (exact) mass is 1720 g/mol. The van der Waals surface area contributed by atoms with Gasteiger partial charge in [-0.15, -0.1) is 34.0 Å². The molecule has 0 aliphatic rings. The van der Waals surface area contributed by atoms with E-state index in [4.69, 9.17) is 0 Å². The summed E-state index contributed by atoms with van der Waals surface area (Å²) in [6, 6.07) is 160. The largest absolute Gasteiger partial charge is 0.309 e. The van der Waals surface area contributed by atoms with Gasteiger partial charge >= 0.3 is 0 Å². The second-order valence-electron chi connectivity index (χ2n) is 34.7. The summed E-state index contributed by atoms with van der Waals surface area (Å²) >= 11 is 5.65. The van der Waals surface area contributed by atoms with Gasteiger partial charge in [0, 0.05) is 159 Å². The molecule has 0 saturated carbocycles. The number of fused-ring (bicyclic) bond motifs is 30. The highest BCUT2D eigenvalue weighted by molar-refractivity contribution is 7.27. The molecule has 0 amide bonds. The van der Waals surface area contributed by atoms with E-state index in [0.717, 1.165) is 11.4 Å². The number of nitrogens with zero attached hydrogens (tertiary/aromatic N) is 6. The lowest BCUT2D eigenvalue weighted by Crippen LogP contribution is -2.00. The predicted octanol–water partition coefficient (Wildman–Crippen LogP) is 34.7. The molecule has 0 saturated heterocycles. The molecule has 0 aliphatic carbocycles. The number of hydrogen-bond acceptors (Lipinski definition) is 3. The minimum atomic E-state index is 1.15. The molecule has 131 heavy (non-hydrogen) atoms. The summed E-state index contributed by atoms with van der Waals surface area (Å²) in [6.07, 6.45) is 0. The molecule has 0 fully saturated rings. The number of rotatable bonds is 8. The van der Waals surface area contributed by atoms with Crippen molar-refractivity contribution in [3.8, 4) is 56.4 Å². The molecule has 0 aliphatic heterocycles. The zero-order valence-corrected chi connectivity index (χ0v) is 73.9. The maximum absolute atomic E-state index is 2.48. The Morgan fingerprint density at radius 1 is 0.137 bits per heavy atom. The summed E-state index contributed by atoms with van der Waals surface area (Å²) in [5.41, 5.74) is 29.1. The summed E-state index contributed by atoms with van der Waals surface area (Å²) in [5.74, 6) is 0. The normalized spacial score (nSPS) is 12.0. The van der Waals surface area contributed by atoms with Crippen LogP contribution < -0.4 is 0 Å². The molecule has 29 rings (SSSR count). The van der Waals surface area contributed by atoms with Crippen LogP contribution in [0.4, 0.5) is 0 Å². The van der Waals surface area contributed by atoms with Crippen molar-refractivity contribution in [3.63, 3.8) is 0 Å². The fraction of sp³-hybridized carbons (Fsp3) is 0.0164. The highest BCUT2D eigenvalue weighted by atomic mass is 32.1. The molecular formula is C122H78N6S3. The SMILES string of the molecule is Cc1cc(-n2c3ccccc3c3ccccc32)cc(-n2c3ccc(-c4ccccc4)cc3c3c4c(ccc32)sc2ccccc24)c1.Cc1ccc2c(c1)c1c3c(ccc1n2-c1cccc(-n2c4ccccc4c4ccccc42)c1)sc1ccccc13.c1ccc(-c2ccc3c(c2)c2c4c(ccc2n3-c2cccc(-n3c5ccccc5c5ccccc53)c2)sc2ccccc24)cc1. The van der Waals surface area contributed by atoms with Gasteiger partial charge in [0.2, 0.25) is 0 Å². The van der Waals surface area contributed by atoms with Crippen LogP contribution in [0.2, 0.25) is 0 Å². The summed E-state index contributed by atoms with van der Waals surface area (Å²) in [4.78, 5) is 0. The quantitative estimate of drug-likeness (QED) is 0.145. The third-order valence-electron chi connectivity index (χ3n) is 27.2. The van der Waals surface area contributed by atoms with E-state index in [1.165, 1.54) is 247 Å². The second-order valence-corrected chi connectivity index (χ2v) is 37.9. The van der Waals surface area contributed by atoms with Crippen molar-refractivity contribution in [1.29, 1.82) is 0 Å². The average Bonchev–Trinajstić information content (AvgIpc) is 1.56. The van der Waals surface area contributed by atoms with Gasteiger partial charge in [-0.2, -0.15) is 0 Å². The van der Waals surface area contributed by atoms with Crippen molar-refractivity contribution in [1.82, 2.24) is 27.4 Å². The van der Waals surface area contributed by atoms with E-state index in [1.807, 2.05) is 34.0 Å². The minimum Gasteiger partial charge on any atom is -0.309 e. The Bertz CT molecular complexity index is 9640. The first-order chi connectivity index (χ1) is 64.8. The number of thiophene rings is 3. The van der Waals surface area contributed by atoms with Gasteiger partial charge in [-0.1, -0.05) is 260 Å². The van der Waals surface area contributed by atoms with Gasteiger partial charge in [-0.3, -0.25) is 0 Å². The van der Waals surface area contributed by atoms with Crippen molar-refractivity contribution >= 4 is 225 Å². The van der Waals surface area contributed by atoms with Crippen LogP contribution >= 0.6 is 34.0 Å². The average molecular weight is 1720 g/mol. The van der Waals surface area contributed by atoms with E-state index in [9.17, 15) is 0 Å². The Morgan fingerprint density at radius 3 is 0.733 bits per heavy atom. The Hall–Kier alpha value is -16.1. The zero-order chi connectivity index (χ0) is 86.2. The van der Waals surface area contributed by atoms with Gasteiger partial charge in [0.15, 0.2) is 0 Å². The number of hydrogen-bond donors (Lipinski definition) is 0. The van der Waals surface area contributed by atoms with E-state index in [1.54, 1.807) is 0 Å². The van der Waals surface area contributed by atoms with Gasteiger partial charge in [-0.25, -0.2) is 0 Å². The highest BCUT2D eigenvalue weighted by Gasteiger charge is 2.26. The number of aryl methyl sites for hydroxylation is 2. The number of para-hydroxylation sites is 6. The van der Waals surface area contributed by atoms with E-state index in [2.05, 4.69) is 478 Å². The molecule has 9 aromatic heterocycles. The molecule has 0 bridgehead atoms. The summed E-state index contributed by atoms with van der Waals surface area (Å²) < 4.78 is 22.6. The summed E-state index contributed by atoms with van der Waals surface area (Å²) in [5, 5.41) is 23.6. The molecule has 29 aromatic rings. The Kier molecular flexibility index (Phi) is 17.0. The molecule has 0 radical (unpaired) electrons. The van der Waals surface area contributed by atoms with Crippen LogP contribution in [0.5, 0.6) is 0 Å². The van der Waals surface area contributed by atoms with Crippen molar-refractivity contribution in [2.75, 3.05) is 0 Å². The van der Waals surface area contributed by atoms with Gasteiger partial charge in [-0.05, 0) is 224 Å². The first-order valence-electron chi connectivity index (χ1n) is 44.8. The molecule has 6 nitrogen and oxygen atoms in total. The van der Waals surface area contributed by atoms with Crippen molar-refractivity contribution in [2.24, 2.45) is 0 Å². The molecule has 614 valence electrons. The summed E-state index contributed by atoms with van der Waals surface area (Å²) in [6.45, 7) is 4.41. The zero-order valence-electron chi connectivity index (χ0n) is 71.5. The molecule has 0 unspecified atom stereocenters. The topological polar surface area (TPSA) is 29.6 Å². The van der Waals surface area contributed by atoms with Gasteiger partial charge in [0.05, 0.1) is 66.2 Å². The van der Waals surface area contributed by atoms with Gasteiger partial charge in [0.25, 0.3) is 0 Å². The lowest BCUT2D eigenvalue weighted by molar-refractivity contribution is 1.12. The lowest BCUT2D eigenvalue weighted by atomic mass is 10.0. The van der Waals surface area contributed by atoms with Crippen LogP contribution in [0.15, 0.2) is 437 Å². The van der Waals surface area contributed by atoms with Gasteiger partial charge in [0.1, 0.15) is 0 Å². The van der Waals surface area contributed by atoms with E-state index in [-0.39, 0.29) is 0 Å². The standard InChI is InChI=1S/C43H28N2S.C42H26N2S.C37H24N2S/c1-27-23-30(44-36-16-8-5-13-32(36)33-14-6-9-17-37(33)44)26-31(24-27)45-38-20-19-29(28-11-3-2-4-12-28)25-35(38)42-39(45)21-22-41-43(42)34-15-7-10-18-40(34)46-41;1-2-11-27(12-3-1)28-21-22-37-34(25-28)41-38(23-24-40-42(41)33-17-6-9-20-39(33)45-40)44(37)30-14-10-13-29(26-30)43-35-18-7-4-15-31(35)32-16-5-8-19-36(32)43;1-23-17-18-32-29(21-23)36-33(19-20-35-37(36)28-13-4-7-16-34(28)40-35)39(32)25-10-8-9-24(22-25)38-30-14-5-2-11-26(30)27-12-3-6-15-31(27)38/h2-26H,1H3;1-26H;2-22H,1H3. The highest BCUT2D eigenvalue weighted by Crippen LogP contribution is 2.50. The van der Waals surface area contributed by atoms with Crippen LogP contribution in [0, 0.1) is 13.8 Å². The maximum atomic E-state index is 2.48. The number of benzene rings is 20. The maximum Gasteiger partial charge on any atom is 0.0548 e. The molecule has 0 N–H and O–H groups in total. The minimum absolute atomic E-state index is 1.15. The van der Waals surface area contributed by atoms with Gasteiger partial charge < -0.3 is 27.4 Å². The van der Waals surface area contributed by atoms with Crippen molar-refractivity contribution in [2.45, 2.75) is 13.8 Å². The molecule has 20 aromatic carbocycles. The van der Waals surface area contributed by atoms with Crippen LogP contribution in [-0.4, -0.2) is 27.4 Å². The van der Waals surface area contributed by atoms with Crippen molar-refractivity contribution in [3.05, 3.63) is 448 Å².